The number of likely N-dealkylation sites (N-methyl/N-ethyl adjacent to an activating group) is 1. The van der Waals surface area contributed by atoms with Gasteiger partial charge in [0, 0.05) is 42.5 Å². The van der Waals surface area contributed by atoms with Gasteiger partial charge < -0.3 is 14.1 Å². The summed E-state index contributed by atoms with van der Waals surface area (Å²) in [7, 11) is 4.00. The number of hydrogen-bond donors (Lipinski definition) is 0. The molecule has 0 aliphatic heterocycles. The van der Waals surface area contributed by atoms with Crippen LogP contribution in [0.25, 0.3) is 39.3 Å². The third-order valence-electron chi connectivity index (χ3n) is 5.85. The van der Waals surface area contributed by atoms with Crippen molar-refractivity contribution in [3.05, 3.63) is 78.9 Å². The molecular weight excluding hydrogens is 412 g/mol. The van der Waals surface area contributed by atoms with E-state index in [1.165, 1.54) is 16.7 Å². The number of hydrogen-bond acceptors (Lipinski definition) is 6. The van der Waals surface area contributed by atoms with Gasteiger partial charge in [0.25, 0.3) is 0 Å². The van der Waals surface area contributed by atoms with Crippen molar-refractivity contribution in [2.75, 3.05) is 27.2 Å². The predicted octanol–water partition coefficient (Wildman–Crippen LogP) is 5.37. The fraction of sp³-hybridized carbons (Fsp3) is 0.222. The van der Waals surface area contributed by atoms with Crippen LogP contribution in [-0.2, 0) is 6.42 Å². The molecule has 0 bridgehead atoms. The molecule has 0 fully saturated rings. The van der Waals surface area contributed by atoms with Crippen LogP contribution < -0.4 is 4.74 Å². The number of ether oxygens (including phenoxy) is 1. The molecule has 166 valence electrons. The molecule has 33 heavy (non-hydrogen) atoms. The van der Waals surface area contributed by atoms with Gasteiger partial charge in [0.15, 0.2) is 0 Å². The minimum atomic E-state index is 0.362. The molecule has 5 rings (SSSR count). The van der Waals surface area contributed by atoms with E-state index >= 15 is 0 Å². The molecule has 0 N–H and O–H groups in total. The maximum absolute atomic E-state index is 6.36. The molecular formula is C27H26N4O2. The predicted molar refractivity (Wildman–Crippen MR) is 130 cm³/mol. The zero-order valence-electron chi connectivity index (χ0n) is 18.9. The maximum Gasteiger partial charge on any atom is 0.316 e. The summed E-state index contributed by atoms with van der Waals surface area (Å²) in [5, 5.41) is 0. The van der Waals surface area contributed by atoms with Crippen LogP contribution >= 0.6 is 0 Å². The van der Waals surface area contributed by atoms with Crippen LogP contribution in [0.3, 0.4) is 0 Å². The quantitative estimate of drug-likeness (QED) is 0.387. The largest absolute Gasteiger partial charge is 0.462 e. The van der Waals surface area contributed by atoms with E-state index in [9.17, 15) is 0 Å². The Morgan fingerprint density at radius 1 is 0.939 bits per heavy atom. The van der Waals surface area contributed by atoms with Gasteiger partial charge in [0.2, 0.25) is 0 Å². The number of pyridine rings is 1. The van der Waals surface area contributed by atoms with Crippen LogP contribution in [0.15, 0.2) is 72.2 Å². The summed E-state index contributed by atoms with van der Waals surface area (Å²) in [4.78, 5) is 14.9. The van der Waals surface area contributed by atoms with E-state index in [-0.39, 0.29) is 0 Å². The van der Waals surface area contributed by atoms with Gasteiger partial charge in [-0.2, -0.15) is 0 Å². The molecule has 6 nitrogen and oxygen atoms in total. The molecule has 3 heterocycles. The van der Waals surface area contributed by atoms with Crippen LogP contribution in [-0.4, -0.2) is 47.1 Å². The number of fused-ring (bicyclic) bond motifs is 1. The third kappa shape index (κ3) is 4.43. The van der Waals surface area contributed by atoms with Gasteiger partial charge in [-0.1, -0.05) is 24.8 Å². The van der Waals surface area contributed by atoms with E-state index in [1.54, 1.807) is 24.8 Å². The van der Waals surface area contributed by atoms with Gasteiger partial charge in [-0.15, -0.1) is 0 Å². The molecule has 1 aliphatic carbocycles. The summed E-state index contributed by atoms with van der Waals surface area (Å²) in [6, 6.07) is 12.9. The molecule has 4 aromatic rings. The van der Waals surface area contributed by atoms with Crippen molar-refractivity contribution in [1.29, 1.82) is 0 Å². The Balaban J connectivity index is 1.50. The molecule has 0 atom stereocenters. The van der Waals surface area contributed by atoms with E-state index < -0.39 is 0 Å². The Morgan fingerprint density at radius 2 is 1.73 bits per heavy atom. The standard InChI is InChI=1S/C27H26N4O2/c1-18-4-5-20-14-21(6-7-23(18)20)24-15-25(33-26(24)19-8-10-28-11-9-19)22-16-29-27(30-17-22)32-13-12-31(2)3/h6-11,14-17H,1,4-5,12-13H2,2-3H3. The SMILES string of the molecule is C=C1CCc2cc(-c3cc(-c4cnc(OCCN(C)C)nc4)oc3-c3ccncc3)ccc21. The molecule has 0 radical (unpaired) electrons. The number of aryl methyl sites for hydroxylation is 1. The van der Waals surface area contributed by atoms with Crippen molar-refractivity contribution in [2.24, 2.45) is 0 Å². The van der Waals surface area contributed by atoms with E-state index in [0.29, 0.717) is 18.4 Å². The highest BCUT2D eigenvalue weighted by Gasteiger charge is 2.20. The van der Waals surface area contributed by atoms with Crippen LogP contribution in [0.5, 0.6) is 6.01 Å². The Kier molecular flexibility index (Phi) is 5.75. The van der Waals surface area contributed by atoms with Crippen LogP contribution in [0, 0.1) is 0 Å². The maximum atomic E-state index is 6.36. The topological polar surface area (TPSA) is 64.3 Å². The fourth-order valence-electron chi connectivity index (χ4n) is 4.04. The van der Waals surface area contributed by atoms with E-state index in [0.717, 1.165) is 47.4 Å². The van der Waals surface area contributed by atoms with Crippen LogP contribution in [0.2, 0.25) is 0 Å². The van der Waals surface area contributed by atoms with E-state index in [4.69, 9.17) is 9.15 Å². The summed E-state index contributed by atoms with van der Waals surface area (Å²) < 4.78 is 12.0. The molecule has 0 unspecified atom stereocenters. The number of rotatable bonds is 7. The Bertz CT molecular complexity index is 1280. The monoisotopic (exact) mass is 438 g/mol. The lowest BCUT2D eigenvalue weighted by atomic mass is 9.98. The highest BCUT2D eigenvalue weighted by atomic mass is 16.5. The highest BCUT2D eigenvalue weighted by Crippen LogP contribution is 2.41. The van der Waals surface area contributed by atoms with E-state index in [2.05, 4.69) is 45.8 Å². The minimum Gasteiger partial charge on any atom is -0.462 e. The zero-order chi connectivity index (χ0) is 22.8. The summed E-state index contributed by atoms with van der Waals surface area (Å²) in [6.45, 7) is 5.53. The van der Waals surface area contributed by atoms with Crippen molar-refractivity contribution in [3.63, 3.8) is 0 Å². The Morgan fingerprint density at radius 3 is 2.48 bits per heavy atom. The molecule has 1 aromatic carbocycles. The second kappa shape index (κ2) is 9.00. The van der Waals surface area contributed by atoms with Gasteiger partial charge in [-0.05, 0) is 67.4 Å². The molecule has 0 amide bonds. The van der Waals surface area contributed by atoms with Gasteiger partial charge in [-0.3, -0.25) is 4.98 Å². The first-order chi connectivity index (χ1) is 16.1. The number of aromatic nitrogens is 3. The van der Waals surface area contributed by atoms with Gasteiger partial charge in [-0.25, -0.2) is 9.97 Å². The second-order valence-corrected chi connectivity index (χ2v) is 8.47. The molecule has 0 spiro atoms. The first-order valence-corrected chi connectivity index (χ1v) is 11.0. The number of furan rings is 1. The van der Waals surface area contributed by atoms with Crippen LogP contribution in [0.4, 0.5) is 0 Å². The smallest absolute Gasteiger partial charge is 0.316 e. The summed E-state index contributed by atoms with van der Waals surface area (Å²) in [5.41, 5.74) is 7.74. The summed E-state index contributed by atoms with van der Waals surface area (Å²) in [5.74, 6) is 1.51. The van der Waals surface area contributed by atoms with Crippen molar-refractivity contribution < 1.29 is 9.15 Å². The van der Waals surface area contributed by atoms with Crippen molar-refractivity contribution in [3.8, 4) is 39.8 Å². The summed E-state index contributed by atoms with van der Waals surface area (Å²) in [6.07, 6.45) is 9.08. The van der Waals surface area contributed by atoms with Gasteiger partial charge in [0.05, 0.1) is 5.56 Å². The lowest BCUT2D eigenvalue weighted by Crippen LogP contribution is -2.19. The van der Waals surface area contributed by atoms with Gasteiger partial charge >= 0.3 is 6.01 Å². The Hall–Kier alpha value is -3.77. The average Bonchev–Trinajstić information content (AvgIpc) is 3.44. The molecule has 0 saturated carbocycles. The Labute approximate surface area is 193 Å². The fourth-order valence-corrected chi connectivity index (χ4v) is 4.04. The van der Waals surface area contributed by atoms with Crippen LogP contribution in [0.1, 0.15) is 17.5 Å². The molecule has 0 saturated heterocycles. The van der Waals surface area contributed by atoms with E-state index in [1.807, 2.05) is 31.1 Å². The number of benzene rings is 1. The molecule has 1 aliphatic rings. The minimum absolute atomic E-state index is 0.362. The lowest BCUT2D eigenvalue weighted by molar-refractivity contribution is 0.245. The second-order valence-electron chi connectivity index (χ2n) is 8.47. The first-order valence-electron chi connectivity index (χ1n) is 11.0. The normalized spacial score (nSPS) is 12.9. The van der Waals surface area contributed by atoms with Gasteiger partial charge in [0.1, 0.15) is 18.1 Å². The number of nitrogens with zero attached hydrogens (tertiary/aromatic N) is 4. The summed E-state index contributed by atoms with van der Waals surface area (Å²) >= 11 is 0. The number of allylic oxidation sites excluding steroid dienone is 1. The third-order valence-corrected chi connectivity index (χ3v) is 5.85. The molecule has 6 heteroatoms. The van der Waals surface area contributed by atoms with Crippen molar-refractivity contribution >= 4 is 5.57 Å². The van der Waals surface area contributed by atoms with Crippen molar-refractivity contribution in [1.82, 2.24) is 19.9 Å². The highest BCUT2D eigenvalue weighted by molar-refractivity contribution is 5.85. The zero-order valence-corrected chi connectivity index (χ0v) is 18.9. The first kappa shape index (κ1) is 21.1. The lowest BCUT2D eigenvalue weighted by Gasteiger charge is -2.09. The molecule has 3 aromatic heterocycles. The van der Waals surface area contributed by atoms with Crippen molar-refractivity contribution in [2.45, 2.75) is 12.8 Å². The average molecular weight is 439 g/mol.